The second-order valence-electron chi connectivity index (χ2n) is 13.8. The Balaban J connectivity index is 0.884. The number of pyridine rings is 1. The van der Waals surface area contributed by atoms with E-state index in [1.54, 1.807) is 0 Å². The third-order valence-corrected chi connectivity index (χ3v) is 10.6. The van der Waals surface area contributed by atoms with Crippen molar-refractivity contribution in [1.29, 1.82) is 0 Å². The van der Waals surface area contributed by atoms with Crippen molar-refractivity contribution >= 4 is 45.7 Å². The fraction of sp³-hybridized carbons (Fsp3) is 0.0625. The molecule has 52 heavy (non-hydrogen) atoms. The first kappa shape index (κ1) is 30.2. The van der Waals surface area contributed by atoms with Crippen LogP contribution < -0.4 is 16.0 Å². The molecule has 248 valence electrons. The molecule has 3 N–H and O–H groups in total. The molecule has 6 aromatic rings. The van der Waals surface area contributed by atoms with Crippen molar-refractivity contribution in [1.82, 2.24) is 10.3 Å². The highest BCUT2D eigenvalue weighted by Crippen LogP contribution is 2.38. The second kappa shape index (κ2) is 12.6. The average molecular weight is 669 g/mol. The fourth-order valence-electron chi connectivity index (χ4n) is 7.78. The second-order valence-corrected chi connectivity index (χ2v) is 13.8. The number of aromatic nitrogens is 1. The Morgan fingerprint density at radius 1 is 0.519 bits per heavy atom. The molecule has 0 spiro atoms. The topological polar surface area (TPSA) is 49.0 Å². The zero-order valence-electron chi connectivity index (χ0n) is 28.5. The first-order chi connectivity index (χ1) is 25.7. The van der Waals surface area contributed by atoms with E-state index < -0.39 is 0 Å². The minimum absolute atomic E-state index is 0.0650. The van der Waals surface area contributed by atoms with E-state index in [0.29, 0.717) is 0 Å². The SMILES string of the molecule is C1=CC2=CC=C(c3ccc4c(c3)NC(c3ccc(-c5ccc6ccc7c(c6n5)NC(c5ccccc5)C=C7)cc3)C=C4)NC2C(c2ccccc2)=C1. The van der Waals surface area contributed by atoms with E-state index in [4.69, 9.17) is 4.98 Å². The number of rotatable bonds is 5. The number of fused-ring (bicyclic) bond motifs is 5. The van der Waals surface area contributed by atoms with Gasteiger partial charge in [-0.3, -0.25) is 0 Å². The number of allylic oxidation sites excluding steroid dienone is 4. The van der Waals surface area contributed by atoms with Crippen LogP contribution in [0, 0.1) is 0 Å². The summed E-state index contributed by atoms with van der Waals surface area (Å²) in [5.41, 5.74) is 16.2. The van der Waals surface area contributed by atoms with Crippen LogP contribution in [0.3, 0.4) is 0 Å². The summed E-state index contributed by atoms with van der Waals surface area (Å²) in [4.78, 5) is 5.21. The van der Waals surface area contributed by atoms with Crippen LogP contribution in [0.25, 0.3) is 45.6 Å². The van der Waals surface area contributed by atoms with Gasteiger partial charge in [-0.15, -0.1) is 0 Å². The lowest BCUT2D eigenvalue weighted by Crippen LogP contribution is -2.33. The van der Waals surface area contributed by atoms with E-state index in [1.807, 2.05) is 0 Å². The first-order valence-electron chi connectivity index (χ1n) is 18.0. The normalized spacial score (nSPS) is 19.5. The number of hydrogen-bond donors (Lipinski definition) is 3. The molecule has 4 aliphatic rings. The predicted octanol–water partition coefficient (Wildman–Crippen LogP) is 11.2. The van der Waals surface area contributed by atoms with Crippen molar-refractivity contribution in [3.05, 3.63) is 209 Å². The van der Waals surface area contributed by atoms with Crippen LogP contribution in [-0.4, -0.2) is 11.0 Å². The zero-order valence-corrected chi connectivity index (χ0v) is 28.5. The molecule has 0 amide bonds. The summed E-state index contributed by atoms with van der Waals surface area (Å²) >= 11 is 0. The van der Waals surface area contributed by atoms with Gasteiger partial charge in [0.2, 0.25) is 0 Å². The Morgan fingerprint density at radius 2 is 1.23 bits per heavy atom. The van der Waals surface area contributed by atoms with Crippen LogP contribution in [0.5, 0.6) is 0 Å². The molecule has 10 rings (SSSR count). The fourth-order valence-corrected chi connectivity index (χ4v) is 7.78. The first-order valence-corrected chi connectivity index (χ1v) is 18.0. The van der Waals surface area contributed by atoms with Gasteiger partial charge in [0.1, 0.15) is 0 Å². The highest BCUT2D eigenvalue weighted by Gasteiger charge is 2.25. The van der Waals surface area contributed by atoms with E-state index in [1.165, 1.54) is 33.4 Å². The number of nitrogens with zero attached hydrogens (tertiary/aromatic N) is 1. The molecule has 4 heteroatoms. The van der Waals surface area contributed by atoms with Gasteiger partial charge in [0.05, 0.1) is 35.0 Å². The van der Waals surface area contributed by atoms with Gasteiger partial charge in [-0.05, 0) is 62.7 Å². The lowest BCUT2D eigenvalue weighted by Gasteiger charge is -2.31. The van der Waals surface area contributed by atoms with Gasteiger partial charge < -0.3 is 16.0 Å². The van der Waals surface area contributed by atoms with E-state index in [9.17, 15) is 0 Å². The molecule has 1 aliphatic carbocycles. The third kappa shape index (κ3) is 5.46. The Bertz CT molecular complexity index is 2540. The Labute approximate surface area is 304 Å². The smallest absolute Gasteiger partial charge is 0.0947 e. The number of benzene rings is 5. The number of hydrogen-bond acceptors (Lipinski definition) is 4. The predicted molar refractivity (Wildman–Crippen MR) is 217 cm³/mol. The van der Waals surface area contributed by atoms with E-state index in [-0.39, 0.29) is 18.1 Å². The lowest BCUT2D eigenvalue weighted by molar-refractivity contribution is 0.829. The average Bonchev–Trinajstić information content (AvgIpc) is 3.23. The quantitative estimate of drug-likeness (QED) is 0.171. The number of dihydropyridines is 1. The highest BCUT2D eigenvalue weighted by molar-refractivity contribution is 5.97. The van der Waals surface area contributed by atoms with Gasteiger partial charge in [0.15, 0.2) is 0 Å². The summed E-state index contributed by atoms with van der Waals surface area (Å²) < 4.78 is 0. The molecule has 3 unspecified atom stereocenters. The molecule has 0 fully saturated rings. The molecule has 4 nitrogen and oxygen atoms in total. The molecular weight excluding hydrogens is 633 g/mol. The molecule has 1 aromatic heterocycles. The number of anilines is 2. The van der Waals surface area contributed by atoms with Crippen molar-refractivity contribution in [3.8, 4) is 11.3 Å². The van der Waals surface area contributed by atoms with Gasteiger partial charge >= 0.3 is 0 Å². The summed E-state index contributed by atoms with van der Waals surface area (Å²) in [7, 11) is 0. The van der Waals surface area contributed by atoms with E-state index in [0.717, 1.165) is 50.4 Å². The summed E-state index contributed by atoms with van der Waals surface area (Å²) in [5, 5.41) is 12.5. The highest BCUT2D eigenvalue weighted by atomic mass is 15.0. The summed E-state index contributed by atoms with van der Waals surface area (Å²) in [6, 6.07) is 45.7. The summed E-state index contributed by atoms with van der Waals surface area (Å²) in [6.07, 6.45) is 19.9. The van der Waals surface area contributed by atoms with Crippen molar-refractivity contribution in [2.24, 2.45) is 0 Å². The van der Waals surface area contributed by atoms with Gasteiger partial charge in [0, 0.05) is 22.3 Å². The maximum atomic E-state index is 5.21. The standard InChI is InChI=1S/C48H36N4/c1-3-8-31(9-4-1)40-13-7-12-36-23-29-44(50-46(36)40)39-21-18-35-22-26-41(49-45(35)30-39)33-14-16-34(17-15-33)43-28-25-38-20-19-37-24-27-42(32-10-5-2-6-11-32)51-47(37)48(38)52-43/h1-30,41-42,46,49-51H. The van der Waals surface area contributed by atoms with Crippen molar-refractivity contribution in [2.45, 2.75) is 18.1 Å². The van der Waals surface area contributed by atoms with Crippen molar-refractivity contribution < 1.29 is 0 Å². The summed E-state index contributed by atoms with van der Waals surface area (Å²) in [5.74, 6) is 0. The Hall–Kier alpha value is -6.65. The molecule has 4 heterocycles. The van der Waals surface area contributed by atoms with Crippen molar-refractivity contribution in [2.75, 3.05) is 10.6 Å². The van der Waals surface area contributed by atoms with Crippen LogP contribution >= 0.6 is 0 Å². The molecule has 0 saturated carbocycles. The van der Waals surface area contributed by atoms with Gasteiger partial charge in [-0.25, -0.2) is 4.98 Å². The van der Waals surface area contributed by atoms with Crippen LogP contribution in [0.4, 0.5) is 11.4 Å². The molecular formula is C48H36N4. The zero-order chi connectivity index (χ0) is 34.4. The van der Waals surface area contributed by atoms with Gasteiger partial charge in [0.25, 0.3) is 0 Å². The van der Waals surface area contributed by atoms with E-state index >= 15 is 0 Å². The molecule has 3 aliphatic heterocycles. The van der Waals surface area contributed by atoms with Gasteiger partial charge in [-0.1, -0.05) is 164 Å². The van der Waals surface area contributed by atoms with Crippen LogP contribution in [-0.2, 0) is 0 Å². The maximum Gasteiger partial charge on any atom is 0.0947 e. The molecule has 0 radical (unpaired) electrons. The van der Waals surface area contributed by atoms with Crippen molar-refractivity contribution in [3.63, 3.8) is 0 Å². The Kier molecular flexibility index (Phi) is 7.31. The minimum atomic E-state index is 0.0650. The van der Waals surface area contributed by atoms with Gasteiger partial charge in [-0.2, -0.15) is 0 Å². The molecule has 0 saturated heterocycles. The third-order valence-electron chi connectivity index (χ3n) is 10.6. The van der Waals surface area contributed by atoms with Crippen LogP contribution in [0.2, 0.25) is 0 Å². The van der Waals surface area contributed by atoms with Crippen LogP contribution in [0.1, 0.15) is 45.5 Å². The summed E-state index contributed by atoms with van der Waals surface area (Å²) in [6.45, 7) is 0. The molecule has 3 atom stereocenters. The largest absolute Gasteiger partial charge is 0.374 e. The Morgan fingerprint density at radius 3 is 2.08 bits per heavy atom. The maximum absolute atomic E-state index is 5.21. The molecule has 0 bridgehead atoms. The number of nitrogens with one attached hydrogen (secondary N) is 3. The van der Waals surface area contributed by atoms with Crippen LogP contribution in [0.15, 0.2) is 175 Å². The minimum Gasteiger partial charge on any atom is -0.374 e. The lowest BCUT2D eigenvalue weighted by atomic mass is 9.86. The molecule has 5 aromatic carbocycles. The monoisotopic (exact) mass is 668 g/mol. The van der Waals surface area contributed by atoms with E-state index in [2.05, 4.69) is 198 Å².